The maximum atomic E-state index is 13.9. The smallest absolute Gasteiger partial charge is 0.342 e. The Labute approximate surface area is 183 Å². The number of carboxylic acids is 1. The molecule has 0 atom stereocenters. The van der Waals surface area contributed by atoms with Crippen LogP contribution in [0.5, 0.6) is 11.5 Å². The van der Waals surface area contributed by atoms with Gasteiger partial charge in [-0.3, -0.25) is 4.79 Å². The molecular weight excluding hydrogens is 434 g/mol. The van der Waals surface area contributed by atoms with Gasteiger partial charge in [0.15, 0.2) is 23.3 Å². The van der Waals surface area contributed by atoms with E-state index in [4.69, 9.17) is 9.84 Å². The molecule has 2 aromatic rings. The molecule has 0 aromatic heterocycles. The number of aromatic carboxylic acids is 1. The van der Waals surface area contributed by atoms with Gasteiger partial charge in [-0.1, -0.05) is 0 Å². The highest BCUT2D eigenvalue weighted by molar-refractivity contribution is 5.97. The number of halogens is 4. The summed E-state index contributed by atoms with van der Waals surface area (Å²) in [4.78, 5) is 24.4. The first-order valence-corrected chi connectivity index (χ1v) is 9.48. The van der Waals surface area contributed by atoms with Crippen molar-refractivity contribution in [2.24, 2.45) is 0 Å². The molecule has 6 nitrogen and oxygen atoms in total. The number of carbonyl (C=O) groups is 2. The molecule has 1 amide bonds. The van der Waals surface area contributed by atoms with Gasteiger partial charge in [-0.15, -0.1) is 0 Å². The van der Waals surface area contributed by atoms with Crippen LogP contribution in [-0.2, 0) is 0 Å². The third kappa shape index (κ3) is 5.89. The molecule has 0 saturated carbocycles. The molecule has 0 bridgehead atoms. The van der Waals surface area contributed by atoms with Gasteiger partial charge in [0.1, 0.15) is 22.6 Å². The van der Waals surface area contributed by atoms with Crippen molar-refractivity contribution in [1.29, 1.82) is 0 Å². The van der Waals surface area contributed by atoms with Crippen molar-refractivity contribution in [1.82, 2.24) is 4.90 Å². The van der Waals surface area contributed by atoms with Crippen molar-refractivity contribution in [3.63, 3.8) is 0 Å². The fraction of sp³-hybridized carbons (Fsp3) is 0.364. The van der Waals surface area contributed by atoms with E-state index in [2.05, 4.69) is 4.74 Å². The van der Waals surface area contributed by atoms with Gasteiger partial charge in [0.2, 0.25) is 0 Å². The Morgan fingerprint density at radius 1 is 0.781 bits per heavy atom. The van der Waals surface area contributed by atoms with Gasteiger partial charge in [0.05, 0.1) is 14.2 Å². The Hall–Kier alpha value is -3.30. The molecule has 0 aliphatic heterocycles. The zero-order valence-corrected chi connectivity index (χ0v) is 18.5. The van der Waals surface area contributed by atoms with E-state index in [0.717, 1.165) is 18.2 Å². The number of nitrogens with zero attached hydrogens (tertiary/aromatic N) is 1. The van der Waals surface area contributed by atoms with E-state index in [9.17, 15) is 27.2 Å². The number of rotatable bonds is 6. The van der Waals surface area contributed by atoms with Gasteiger partial charge in [-0.25, -0.2) is 22.4 Å². The minimum atomic E-state index is -1.56. The number of hydrogen-bond donors (Lipinski definition) is 1. The Kier molecular flexibility index (Phi) is 9.49. The third-order valence-corrected chi connectivity index (χ3v) is 4.33. The summed E-state index contributed by atoms with van der Waals surface area (Å²) in [7, 11) is 2.50. The van der Waals surface area contributed by atoms with Crippen molar-refractivity contribution in [2.75, 3.05) is 14.2 Å². The highest BCUT2D eigenvalue weighted by Crippen LogP contribution is 2.27. The lowest BCUT2D eigenvalue weighted by atomic mass is 10.1. The fourth-order valence-corrected chi connectivity index (χ4v) is 3.00. The molecule has 0 saturated heterocycles. The van der Waals surface area contributed by atoms with E-state index in [1.54, 1.807) is 0 Å². The van der Waals surface area contributed by atoms with E-state index >= 15 is 0 Å². The Bertz CT molecular complexity index is 971. The van der Waals surface area contributed by atoms with Crippen LogP contribution in [-0.4, -0.2) is 48.2 Å². The van der Waals surface area contributed by atoms with Gasteiger partial charge in [0, 0.05) is 12.1 Å². The first-order chi connectivity index (χ1) is 14.9. The van der Waals surface area contributed by atoms with Gasteiger partial charge in [0.25, 0.3) is 5.91 Å². The van der Waals surface area contributed by atoms with Crippen molar-refractivity contribution >= 4 is 11.9 Å². The molecule has 2 rings (SSSR count). The quantitative estimate of drug-likeness (QED) is 0.622. The average Bonchev–Trinajstić information content (AvgIpc) is 2.71. The van der Waals surface area contributed by atoms with Crippen molar-refractivity contribution in [3.05, 3.63) is 58.7 Å². The average molecular weight is 459 g/mol. The number of carboxylic acid groups (broad SMARTS) is 1. The topological polar surface area (TPSA) is 76.1 Å². The highest BCUT2D eigenvalue weighted by atomic mass is 19.2. The van der Waals surface area contributed by atoms with Crippen LogP contribution >= 0.6 is 0 Å². The molecule has 0 unspecified atom stereocenters. The number of methoxy groups -OCH3 is 2. The van der Waals surface area contributed by atoms with Crippen LogP contribution in [0.2, 0.25) is 0 Å². The Morgan fingerprint density at radius 3 is 1.50 bits per heavy atom. The normalized spacial score (nSPS) is 10.5. The molecule has 0 radical (unpaired) electrons. The summed E-state index contributed by atoms with van der Waals surface area (Å²) in [6, 6.07) is 3.81. The summed E-state index contributed by atoms with van der Waals surface area (Å²) in [5.74, 6) is -7.15. The summed E-state index contributed by atoms with van der Waals surface area (Å²) in [6.07, 6.45) is 0. The number of ether oxygens (including phenoxy) is 2. The molecule has 2 aromatic carbocycles. The molecule has 0 spiro atoms. The van der Waals surface area contributed by atoms with E-state index in [1.165, 1.54) is 25.2 Å². The van der Waals surface area contributed by atoms with Crippen LogP contribution in [0, 0.1) is 23.3 Å². The maximum absolute atomic E-state index is 13.9. The first kappa shape index (κ1) is 26.7. The standard InChI is InChI=1S/C14H19F2NO2.C8H6F2O3/c1-8(2)17(9(3)4)14(18)12-11(19-5)7-6-10(15)13(12)16;1-13-5-3-2-4(9)7(10)6(5)8(11)12/h6-9H,1-5H3;2-3H,1H3,(H,11,12). The highest BCUT2D eigenvalue weighted by Gasteiger charge is 2.28. The maximum Gasteiger partial charge on any atom is 0.342 e. The second kappa shape index (κ2) is 11.4. The second-order valence-electron chi connectivity index (χ2n) is 7.08. The Morgan fingerprint density at radius 2 is 1.16 bits per heavy atom. The molecule has 10 heteroatoms. The van der Waals surface area contributed by atoms with Crippen LogP contribution in [0.15, 0.2) is 24.3 Å². The van der Waals surface area contributed by atoms with E-state index in [1.807, 2.05) is 27.7 Å². The van der Waals surface area contributed by atoms with E-state index in [-0.39, 0.29) is 29.1 Å². The van der Waals surface area contributed by atoms with Crippen molar-refractivity contribution < 1.29 is 41.7 Å². The minimum Gasteiger partial charge on any atom is -0.496 e. The van der Waals surface area contributed by atoms with Crippen molar-refractivity contribution in [2.45, 2.75) is 39.8 Å². The summed E-state index contributed by atoms with van der Waals surface area (Å²) >= 11 is 0. The van der Waals surface area contributed by atoms with Crippen LogP contribution in [0.3, 0.4) is 0 Å². The lowest BCUT2D eigenvalue weighted by Crippen LogP contribution is -2.42. The molecule has 0 heterocycles. The van der Waals surface area contributed by atoms with E-state index < -0.39 is 40.7 Å². The molecule has 0 aliphatic rings. The first-order valence-electron chi connectivity index (χ1n) is 9.48. The summed E-state index contributed by atoms with van der Waals surface area (Å²) in [5.41, 5.74) is -1.15. The van der Waals surface area contributed by atoms with Crippen LogP contribution in [0.25, 0.3) is 0 Å². The summed E-state index contributed by atoms with van der Waals surface area (Å²) < 4.78 is 62.1. The van der Waals surface area contributed by atoms with Crippen LogP contribution in [0.4, 0.5) is 17.6 Å². The molecule has 176 valence electrons. The van der Waals surface area contributed by atoms with Gasteiger partial charge >= 0.3 is 5.97 Å². The number of amides is 1. The monoisotopic (exact) mass is 459 g/mol. The van der Waals surface area contributed by atoms with Gasteiger partial charge in [-0.2, -0.15) is 0 Å². The zero-order chi connectivity index (χ0) is 24.7. The predicted octanol–water partition coefficient (Wildman–Crippen LogP) is 4.90. The molecule has 32 heavy (non-hydrogen) atoms. The predicted molar refractivity (Wildman–Crippen MR) is 109 cm³/mol. The summed E-state index contributed by atoms with van der Waals surface area (Å²) in [5, 5.41) is 8.52. The number of benzene rings is 2. The van der Waals surface area contributed by atoms with E-state index in [0.29, 0.717) is 0 Å². The third-order valence-electron chi connectivity index (χ3n) is 4.33. The van der Waals surface area contributed by atoms with Gasteiger partial charge < -0.3 is 19.5 Å². The Balaban J connectivity index is 0.000000343. The largest absolute Gasteiger partial charge is 0.496 e. The van der Waals surface area contributed by atoms with Gasteiger partial charge in [-0.05, 0) is 52.0 Å². The minimum absolute atomic E-state index is 0.0372. The molecule has 0 aliphatic carbocycles. The fourth-order valence-electron chi connectivity index (χ4n) is 3.00. The lowest BCUT2D eigenvalue weighted by Gasteiger charge is -2.31. The molecule has 0 fully saturated rings. The SMILES string of the molecule is COc1ccc(F)c(F)c1C(=O)N(C(C)C)C(C)C.COc1ccc(F)c(F)c1C(=O)O. The molecular formula is C22H25F4NO5. The van der Waals surface area contributed by atoms with Crippen LogP contribution < -0.4 is 9.47 Å². The molecule has 1 N–H and O–H groups in total. The lowest BCUT2D eigenvalue weighted by molar-refractivity contribution is 0.0632. The second-order valence-corrected chi connectivity index (χ2v) is 7.08. The summed E-state index contributed by atoms with van der Waals surface area (Å²) in [6.45, 7) is 7.28. The zero-order valence-electron chi connectivity index (χ0n) is 18.5. The van der Waals surface area contributed by atoms with Crippen molar-refractivity contribution in [3.8, 4) is 11.5 Å². The number of hydrogen-bond acceptors (Lipinski definition) is 4. The number of carbonyl (C=O) groups excluding carboxylic acids is 1. The van der Waals surface area contributed by atoms with Crippen LogP contribution in [0.1, 0.15) is 48.4 Å².